The van der Waals surface area contributed by atoms with Gasteiger partial charge in [0.15, 0.2) is 0 Å². The van der Waals surface area contributed by atoms with Gasteiger partial charge < -0.3 is 9.72 Å². The van der Waals surface area contributed by atoms with E-state index >= 15 is 0 Å². The zero-order chi connectivity index (χ0) is 20.1. The van der Waals surface area contributed by atoms with E-state index in [1.165, 1.54) is 5.56 Å². The van der Waals surface area contributed by atoms with Gasteiger partial charge in [0, 0.05) is 43.0 Å². The van der Waals surface area contributed by atoms with E-state index in [4.69, 9.17) is 16.1 Å². The molecule has 1 saturated heterocycles. The fraction of sp³-hybridized carbons (Fsp3) is 0.261. The van der Waals surface area contributed by atoms with Gasteiger partial charge in [0.25, 0.3) is 5.56 Å². The highest BCUT2D eigenvalue weighted by Gasteiger charge is 2.25. The lowest BCUT2D eigenvalue weighted by molar-refractivity contribution is 0.324. The summed E-state index contributed by atoms with van der Waals surface area (Å²) in [6, 6.07) is 13.3. The Morgan fingerprint density at radius 3 is 2.93 bits per heavy atom. The molecule has 0 radical (unpaired) electrons. The summed E-state index contributed by atoms with van der Waals surface area (Å²) in [6.45, 7) is 2.91. The third kappa shape index (κ3) is 4.71. The summed E-state index contributed by atoms with van der Waals surface area (Å²) in [7, 11) is 0. The van der Waals surface area contributed by atoms with Crippen LogP contribution < -0.4 is 10.3 Å². The second-order valence-electron chi connectivity index (χ2n) is 7.12. The summed E-state index contributed by atoms with van der Waals surface area (Å²) in [5, 5.41) is 0. The fourth-order valence-corrected chi connectivity index (χ4v) is 3.67. The van der Waals surface area contributed by atoms with Gasteiger partial charge in [0.1, 0.15) is 18.2 Å². The summed E-state index contributed by atoms with van der Waals surface area (Å²) in [4.78, 5) is 26.1. The van der Waals surface area contributed by atoms with Crippen LogP contribution in [-0.2, 0) is 6.54 Å². The molecule has 1 atom stereocenters. The first-order chi connectivity index (χ1) is 14.2. The van der Waals surface area contributed by atoms with Gasteiger partial charge in [0.05, 0.1) is 5.69 Å². The molecule has 3 aromatic rings. The Bertz CT molecular complexity index is 1070. The first-order valence-electron chi connectivity index (χ1n) is 9.60. The van der Waals surface area contributed by atoms with Gasteiger partial charge in [-0.15, -0.1) is 6.42 Å². The van der Waals surface area contributed by atoms with Crippen molar-refractivity contribution >= 4 is 0 Å². The summed E-state index contributed by atoms with van der Waals surface area (Å²) < 4.78 is 5.51. The number of terminal acetylenes is 1. The molecule has 146 valence electrons. The predicted molar refractivity (Wildman–Crippen MR) is 111 cm³/mol. The number of ether oxygens (including phenoxy) is 1. The molecule has 6 nitrogen and oxygen atoms in total. The predicted octanol–water partition coefficient (Wildman–Crippen LogP) is 2.83. The van der Waals surface area contributed by atoms with Crippen LogP contribution in [0.15, 0.2) is 59.7 Å². The van der Waals surface area contributed by atoms with E-state index in [1.807, 2.05) is 30.3 Å². The second-order valence-corrected chi connectivity index (χ2v) is 7.12. The molecule has 0 saturated carbocycles. The minimum absolute atomic E-state index is 0.126. The van der Waals surface area contributed by atoms with Crippen molar-refractivity contribution in [2.24, 2.45) is 0 Å². The lowest BCUT2D eigenvalue weighted by Crippen LogP contribution is -2.20. The summed E-state index contributed by atoms with van der Waals surface area (Å²) >= 11 is 0. The molecule has 1 aliphatic rings. The Morgan fingerprint density at radius 1 is 1.24 bits per heavy atom. The highest BCUT2D eigenvalue weighted by Crippen LogP contribution is 2.28. The molecule has 2 aromatic heterocycles. The van der Waals surface area contributed by atoms with E-state index in [0.29, 0.717) is 5.82 Å². The molecule has 0 aliphatic carbocycles. The van der Waals surface area contributed by atoms with Gasteiger partial charge in [-0.2, -0.15) is 0 Å². The van der Waals surface area contributed by atoms with Crippen LogP contribution in [0.3, 0.4) is 0 Å². The number of pyridine rings is 1. The van der Waals surface area contributed by atoms with Gasteiger partial charge in [-0.1, -0.05) is 18.1 Å². The van der Waals surface area contributed by atoms with Gasteiger partial charge >= 0.3 is 0 Å². The first-order valence-corrected chi connectivity index (χ1v) is 9.60. The lowest BCUT2D eigenvalue weighted by atomic mass is 10.0. The van der Waals surface area contributed by atoms with Crippen molar-refractivity contribution < 1.29 is 4.74 Å². The van der Waals surface area contributed by atoms with Crippen molar-refractivity contribution in [3.05, 3.63) is 76.5 Å². The van der Waals surface area contributed by atoms with Gasteiger partial charge in [0.2, 0.25) is 0 Å². The number of aromatic nitrogens is 3. The SMILES string of the molecule is C#CCOc1cccc(CN2CCC(c3cc(=O)[nH]c(-c4ccncc4)n3)C2)c1. The normalized spacial score (nSPS) is 16.4. The fourth-order valence-electron chi connectivity index (χ4n) is 3.67. The molecule has 1 N–H and O–H groups in total. The molecular weight excluding hydrogens is 364 g/mol. The maximum Gasteiger partial charge on any atom is 0.251 e. The Hall–Kier alpha value is -3.43. The van der Waals surface area contributed by atoms with Gasteiger partial charge in [-0.3, -0.25) is 14.7 Å². The first kappa shape index (κ1) is 18.9. The van der Waals surface area contributed by atoms with E-state index < -0.39 is 0 Å². The smallest absolute Gasteiger partial charge is 0.251 e. The van der Waals surface area contributed by atoms with Crippen LogP contribution in [0.2, 0.25) is 0 Å². The minimum atomic E-state index is -0.126. The lowest BCUT2D eigenvalue weighted by Gasteiger charge is -2.17. The van der Waals surface area contributed by atoms with Gasteiger partial charge in [-0.05, 0) is 42.8 Å². The standard InChI is InChI=1S/C23H22N4O2/c1-2-12-29-20-5-3-4-17(13-20)15-27-11-8-19(16-27)21-14-22(28)26-23(25-21)18-6-9-24-10-7-18/h1,3-7,9-10,13-14,19H,8,11-12,15-16H2,(H,25,26,28). The molecule has 0 amide bonds. The van der Waals surface area contributed by atoms with Crippen molar-refractivity contribution in [2.75, 3.05) is 19.7 Å². The zero-order valence-corrected chi connectivity index (χ0v) is 16.0. The van der Waals surface area contributed by atoms with E-state index in [2.05, 4.69) is 26.9 Å². The van der Waals surface area contributed by atoms with Crippen molar-refractivity contribution in [2.45, 2.75) is 18.9 Å². The summed E-state index contributed by atoms with van der Waals surface area (Å²) in [6.07, 6.45) is 9.62. The topological polar surface area (TPSA) is 71.1 Å². The largest absolute Gasteiger partial charge is 0.481 e. The highest BCUT2D eigenvalue weighted by molar-refractivity contribution is 5.53. The van der Waals surface area contributed by atoms with E-state index in [-0.39, 0.29) is 18.1 Å². The summed E-state index contributed by atoms with van der Waals surface area (Å²) in [5.41, 5.74) is 2.75. The third-order valence-corrected chi connectivity index (χ3v) is 5.03. The molecule has 6 heteroatoms. The Balaban J connectivity index is 1.46. The van der Waals surface area contributed by atoms with E-state index in [0.717, 1.165) is 43.1 Å². The number of nitrogens with zero attached hydrogens (tertiary/aromatic N) is 3. The van der Waals surface area contributed by atoms with Crippen LogP contribution in [0.1, 0.15) is 23.6 Å². The number of likely N-dealkylation sites (tertiary alicyclic amines) is 1. The molecule has 1 aromatic carbocycles. The third-order valence-electron chi connectivity index (χ3n) is 5.03. The van der Waals surface area contributed by atoms with Crippen LogP contribution in [0, 0.1) is 12.3 Å². The Labute approximate surface area is 169 Å². The number of H-pyrrole nitrogens is 1. The second kappa shape index (κ2) is 8.72. The van der Waals surface area contributed by atoms with Crippen molar-refractivity contribution in [3.8, 4) is 29.5 Å². The Morgan fingerprint density at radius 2 is 2.10 bits per heavy atom. The number of benzene rings is 1. The number of rotatable bonds is 6. The van der Waals surface area contributed by atoms with Crippen LogP contribution in [0.25, 0.3) is 11.4 Å². The quantitative estimate of drug-likeness (QED) is 0.660. The highest BCUT2D eigenvalue weighted by atomic mass is 16.5. The molecule has 1 fully saturated rings. The number of hydrogen-bond donors (Lipinski definition) is 1. The zero-order valence-electron chi connectivity index (χ0n) is 16.0. The van der Waals surface area contributed by atoms with Crippen LogP contribution in [0.4, 0.5) is 0 Å². The minimum Gasteiger partial charge on any atom is -0.481 e. The molecule has 0 bridgehead atoms. The van der Waals surface area contributed by atoms with Gasteiger partial charge in [-0.25, -0.2) is 4.98 Å². The molecule has 29 heavy (non-hydrogen) atoms. The van der Waals surface area contributed by atoms with E-state index in [1.54, 1.807) is 18.5 Å². The maximum atomic E-state index is 12.2. The average molecular weight is 386 g/mol. The molecule has 4 rings (SSSR count). The van der Waals surface area contributed by atoms with E-state index in [9.17, 15) is 4.79 Å². The maximum absolute atomic E-state index is 12.2. The molecule has 1 aliphatic heterocycles. The van der Waals surface area contributed by atoms with Crippen LogP contribution >= 0.6 is 0 Å². The van der Waals surface area contributed by atoms with Crippen LogP contribution in [0.5, 0.6) is 5.75 Å². The molecular formula is C23H22N4O2. The molecule has 0 spiro atoms. The molecule has 3 heterocycles. The number of hydrogen-bond acceptors (Lipinski definition) is 5. The summed E-state index contributed by atoms with van der Waals surface area (Å²) in [5.74, 6) is 4.09. The average Bonchev–Trinajstić information content (AvgIpc) is 3.21. The van der Waals surface area contributed by atoms with Crippen molar-refractivity contribution in [1.82, 2.24) is 19.9 Å². The molecule has 1 unspecified atom stereocenters. The monoisotopic (exact) mass is 386 g/mol. The number of nitrogens with one attached hydrogen (secondary N) is 1. The van der Waals surface area contributed by atoms with Crippen molar-refractivity contribution in [1.29, 1.82) is 0 Å². The Kier molecular flexibility index (Phi) is 5.68. The van der Waals surface area contributed by atoms with Crippen LogP contribution in [-0.4, -0.2) is 39.5 Å². The van der Waals surface area contributed by atoms with Crippen molar-refractivity contribution in [3.63, 3.8) is 0 Å². The number of aromatic amines is 1.